The number of rotatable bonds is 9. The van der Waals surface area contributed by atoms with Crippen LogP contribution in [0.15, 0.2) is 0 Å². The molecular formula is C13H26N2O4. The van der Waals surface area contributed by atoms with E-state index in [0.717, 1.165) is 25.9 Å². The normalized spacial score (nSPS) is 18.2. The predicted octanol–water partition coefficient (Wildman–Crippen LogP) is -0.218. The van der Waals surface area contributed by atoms with Crippen LogP contribution in [0, 0.1) is 5.41 Å². The van der Waals surface area contributed by atoms with Crippen LogP contribution in [0.4, 0.5) is 0 Å². The summed E-state index contributed by atoms with van der Waals surface area (Å²) in [6.45, 7) is 4.32. The van der Waals surface area contributed by atoms with Gasteiger partial charge in [0.15, 0.2) is 0 Å². The van der Waals surface area contributed by atoms with E-state index in [9.17, 15) is 4.79 Å². The van der Waals surface area contributed by atoms with Gasteiger partial charge in [0.05, 0.1) is 19.8 Å². The molecule has 1 fully saturated rings. The quantitative estimate of drug-likeness (QED) is 0.569. The molecule has 1 rings (SSSR count). The van der Waals surface area contributed by atoms with Crippen molar-refractivity contribution in [1.29, 1.82) is 0 Å². The number of carbonyl (C=O) groups is 1. The zero-order valence-corrected chi connectivity index (χ0v) is 12.0. The van der Waals surface area contributed by atoms with E-state index < -0.39 is 0 Å². The maximum Gasteiger partial charge on any atom is 0.246 e. The van der Waals surface area contributed by atoms with Crippen molar-refractivity contribution in [2.45, 2.75) is 12.8 Å². The first-order valence-corrected chi connectivity index (χ1v) is 6.75. The summed E-state index contributed by atoms with van der Waals surface area (Å²) in [6.07, 6.45) is 2.04. The molecule has 6 nitrogen and oxygen atoms in total. The lowest BCUT2D eigenvalue weighted by molar-refractivity contribution is -0.127. The van der Waals surface area contributed by atoms with Gasteiger partial charge in [-0.15, -0.1) is 0 Å². The standard InChI is InChI=1S/C13H26N2O4/c1-17-7-8-19-9-12(16)15-10-13(11-18-2)3-5-14-6-4-13/h14H,3-11H2,1-2H3,(H,15,16). The molecule has 6 heteroatoms. The van der Waals surface area contributed by atoms with Crippen LogP contribution in [0.5, 0.6) is 0 Å². The molecule has 1 heterocycles. The first-order chi connectivity index (χ1) is 9.22. The van der Waals surface area contributed by atoms with Crippen molar-refractivity contribution in [3.05, 3.63) is 0 Å². The van der Waals surface area contributed by atoms with Crippen LogP contribution in [0.25, 0.3) is 0 Å². The van der Waals surface area contributed by atoms with Gasteiger partial charge in [-0.2, -0.15) is 0 Å². The third kappa shape index (κ3) is 6.33. The van der Waals surface area contributed by atoms with Gasteiger partial charge in [-0.1, -0.05) is 0 Å². The molecule has 0 spiro atoms. The fourth-order valence-electron chi connectivity index (χ4n) is 2.28. The Bertz CT molecular complexity index is 250. The largest absolute Gasteiger partial charge is 0.384 e. The lowest BCUT2D eigenvalue weighted by Crippen LogP contribution is -2.47. The summed E-state index contributed by atoms with van der Waals surface area (Å²) in [6, 6.07) is 0. The minimum Gasteiger partial charge on any atom is -0.384 e. The maximum absolute atomic E-state index is 11.7. The first kappa shape index (κ1) is 16.4. The lowest BCUT2D eigenvalue weighted by Gasteiger charge is -2.37. The molecule has 0 unspecified atom stereocenters. The Morgan fingerprint density at radius 3 is 2.58 bits per heavy atom. The monoisotopic (exact) mass is 274 g/mol. The maximum atomic E-state index is 11.7. The molecule has 1 aliphatic heterocycles. The van der Waals surface area contributed by atoms with Gasteiger partial charge in [0.25, 0.3) is 0 Å². The Morgan fingerprint density at radius 2 is 1.95 bits per heavy atom. The number of amides is 1. The molecule has 0 aromatic rings. The number of methoxy groups -OCH3 is 2. The predicted molar refractivity (Wildman–Crippen MR) is 72.1 cm³/mol. The van der Waals surface area contributed by atoms with Crippen molar-refractivity contribution < 1.29 is 19.0 Å². The fraction of sp³-hybridized carbons (Fsp3) is 0.923. The molecule has 19 heavy (non-hydrogen) atoms. The smallest absolute Gasteiger partial charge is 0.246 e. The van der Waals surface area contributed by atoms with E-state index in [1.165, 1.54) is 0 Å². The summed E-state index contributed by atoms with van der Waals surface area (Å²) in [5.74, 6) is -0.0786. The summed E-state index contributed by atoms with van der Waals surface area (Å²) in [5.41, 5.74) is 0.0577. The van der Waals surface area contributed by atoms with Gasteiger partial charge in [0, 0.05) is 26.2 Å². The second kappa shape index (κ2) is 9.25. The topological polar surface area (TPSA) is 68.8 Å². The van der Waals surface area contributed by atoms with E-state index in [0.29, 0.717) is 26.4 Å². The first-order valence-electron chi connectivity index (χ1n) is 6.75. The second-order valence-corrected chi connectivity index (χ2v) is 5.01. The average Bonchev–Trinajstić information content (AvgIpc) is 2.43. The highest BCUT2D eigenvalue weighted by Gasteiger charge is 2.32. The van der Waals surface area contributed by atoms with Gasteiger partial charge in [0.1, 0.15) is 6.61 Å². The van der Waals surface area contributed by atoms with Crippen LogP contribution in [0.1, 0.15) is 12.8 Å². The van der Waals surface area contributed by atoms with Gasteiger partial charge in [-0.3, -0.25) is 4.79 Å². The Hall–Kier alpha value is -0.690. The molecule has 2 N–H and O–H groups in total. The minimum atomic E-state index is -0.0786. The molecule has 0 aliphatic carbocycles. The van der Waals surface area contributed by atoms with Crippen molar-refractivity contribution in [3.63, 3.8) is 0 Å². The van der Waals surface area contributed by atoms with Crippen molar-refractivity contribution in [2.24, 2.45) is 5.41 Å². The molecular weight excluding hydrogens is 248 g/mol. The highest BCUT2D eigenvalue weighted by molar-refractivity contribution is 5.77. The summed E-state index contributed by atoms with van der Waals surface area (Å²) in [4.78, 5) is 11.7. The zero-order chi connectivity index (χ0) is 14.0. The molecule has 112 valence electrons. The molecule has 0 saturated carbocycles. The van der Waals surface area contributed by atoms with E-state index in [2.05, 4.69) is 10.6 Å². The van der Waals surface area contributed by atoms with Crippen LogP contribution in [0.3, 0.4) is 0 Å². The van der Waals surface area contributed by atoms with Gasteiger partial charge in [-0.05, 0) is 25.9 Å². The van der Waals surface area contributed by atoms with Gasteiger partial charge in [-0.25, -0.2) is 0 Å². The molecule has 0 radical (unpaired) electrons. The Balaban J connectivity index is 2.25. The minimum absolute atomic E-state index is 0.0577. The Morgan fingerprint density at radius 1 is 1.21 bits per heavy atom. The third-order valence-electron chi connectivity index (χ3n) is 3.44. The van der Waals surface area contributed by atoms with Crippen molar-refractivity contribution in [2.75, 3.05) is 60.3 Å². The average molecular weight is 274 g/mol. The summed E-state index contributed by atoms with van der Waals surface area (Å²) in [5, 5.41) is 6.27. The van der Waals surface area contributed by atoms with Crippen molar-refractivity contribution >= 4 is 5.91 Å². The molecule has 1 aliphatic rings. The number of ether oxygens (including phenoxy) is 3. The van der Waals surface area contributed by atoms with Gasteiger partial charge < -0.3 is 24.8 Å². The molecule has 0 aromatic carbocycles. The van der Waals surface area contributed by atoms with E-state index >= 15 is 0 Å². The van der Waals surface area contributed by atoms with Crippen LogP contribution in [-0.4, -0.2) is 66.2 Å². The van der Waals surface area contributed by atoms with E-state index in [1.807, 2.05) is 0 Å². The SMILES string of the molecule is COCCOCC(=O)NCC1(COC)CCNCC1. The number of carbonyl (C=O) groups excluding carboxylic acids is 1. The number of piperidine rings is 1. The zero-order valence-electron chi connectivity index (χ0n) is 12.0. The molecule has 0 aromatic heterocycles. The van der Waals surface area contributed by atoms with E-state index in [1.54, 1.807) is 14.2 Å². The van der Waals surface area contributed by atoms with Crippen LogP contribution in [0.2, 0.25) is 0 Å². The molecule has 1 amide bonds. The molecule has 0 atom stereocenters. The highest BCUT2D eigenvalue weighted by atomic mass is 16.5. The summed E-state index contributed by atoms with van der Waals surface area (Å²) in [7, 11) is 3.31. The van der Waals surface area contributed by atoms with Crippen molar-refractivity contribution in [1.82, 2.24) is 10.6 Å². The fourth-order valence-corrected chi connectivity index (χ4v) is 2.28. The summed E-state index contributed by atoms with van der Waals surface area (Å²) < 4.78 is 15.3. The number of hydrogen-bond donors (Lipinski definition) is 2. The summed E-state index contributed by atoms with van der Waals surface area (Å²) >= 11 is 0. The van der Waals surface area contributed by atoms with Gasteiger partial charge >= 0.3 is 0 Å². The van der Waals surface area contributed by atoms with Crippen LogP contribution in [-0.2, 0) is 19.0 Å². The molecule has 0 bridgehead atoms. The van der Waals surface area contributed by atoms with Crippen LogP contribution < -0.4 is 10.6 Å². The van der Waals surface area contributed by atoms with Crippen LogP contribution >= 0.6 is 0 Å². The number of hydrogen-bond acceptors (Lipinski definition) is 5. The Kier molecular flexibility index (Phi) is 7.97. The van der Waals surface area contributed by atoms with E-state index in [-0.39, 0.29) is 17.9 Å². The lowest BCUT2D eigenvalue weighted by atomic mass is 9.79. The van der Waals surface area contributed by atoms with Crippen molar-refractivity contribution in [3.8, 4) is 0 Å². The van der Waals surface area contributed by atoms with Gasteiger partial charge in [0.2, 0.25) is 5.91 Å². The third-order valence-corrected chi connectivity index (χ3v) is 3.44. The molecule has 1 saturated heterocycles. The van der Waals surface area contributed by atoms with E-state index in [4.69, 9.17) is 14.2 Å². The highest BCUT2D eigenvalue weighted by Crippen LogP contribution is 2.28. The second-order valence-electron chi connectivity index (χ2n) is 5.01. The number of nitrogens with one attached hydrogen (secondary N) is 2. The Labute approximate surface area is 115 Å².